The van der Waals surface area contributed by atoms with E-state index in [2.05, 4.69) is 14.8 Å². The lowest BCUT2D eigenvalue weighted by Crippen LogP contribution is -2.28. The SMILES string of the molecule is COC(=O)NCCCN(C)c1cc(NS(=O)(=O)c2ccccc2)cc2ccoc12. The number of hydrogen-bond acceptors (Lipinski definition) is 6. The molecular formula is C20H23N3O5S. The number of carbonyl (C=O) groups excluding carboxylic acids is 1. The molecule has 1 amide bonds. The number of benzene rings is 2. The molecule has 0 saturated carbocycles. The molecule has 0 aliphatic heterocycles. The third-order valence-corrected chi connectivity index (χ3v) is 5.77. The lowest BCUT2D eigenvalue weighted by atomic mass is 10.2. The Morgan fingerprint density at radius 3 is 2.66 bits per heavy atom. The molecule has 0 aliphatic rings. The van der Waals surface area contributed by atoms with Gasteiger partial charge in [0.1, 0.15) is 0 Å². The van der Waals surface area contributed by atoms with E-state index < -0.39 is 16.1 Å². The van der Waals surface area contributed by atoms with Gasteiger partial charge in [-0.1, -0.05) is 18.2 Å². The highest BCUT2D eigenvalue weighted by Crippen LogP contribution is 2.32. The number of fused-ring (bicyclic) bond motifs is 1. The Labute approximate surface area is 169 Å². The van der Waals surface area contributed by atoms with Crippen LogP contribution in [0.25, 0.3) is 11.0 Å². The predicted octanol–water partition coefficient (Wildman–Crippen LogP) is 3.42. The normalized spacial score (nSPS) is 11.2. The van der Waals surface area contributed by atoms with Crippen molar-refractivity contribution in [1.29, 1.82) is 0 Å². The van der Waals surface area contributed by atoms with Crippen molar-refractivity contribution < 1.29 is 22.4 Å². The van der Waals surface area contributed by atoms with E-state index >= 15 is 0 Å². The summed E-state index contributed by atoms with van der Waals surface area (Å²) in [6.45, 7) is 1.08. The molecule has 9 heteroatoms. The lowest BCUT2D eigenvalue weighted by Gasteiger charge is -2.21. The quantitative estimate of drug-likeness (QED) is 0.545. The van der Waals surface area contributed by atoms with Gasteiger partial charge in [0.15, 0.2) is 5.58 Å². The van der Waals surface area contributed by atoms with Gasteiger partial charge in [-0.2, -0.15) is 0 Å². The maximum atomic E-state index is 12.7. The van der Waals surface area contributed by atoms with E-state index in [9.17, 15) is 13.2 Å². The van der Waals surface area contributed by atoms with E-state index in [1.165, 1.54) is 7.11 Å². The molecule has 3 rings (SSSR count). The minimum absolute atomic E-state index is 0.191. The van der Waals surface area contributed by atoms with Gasteiger partial charge < -0.3 is 19.4 Å². The minimum atomic E-state index is -3.70. The molecule has 1 heterocycles. The number of furan rings is 1. The van der Waals surface area contributed by atoms with Crippen molar-refractivity contribution in [1.82, 2.24) is 5.32 Å². The summed E-state index contributed by atoms with van der Waals surface area (Å²) in [6.07, 6.45) is 1.77. The molecule has 0 atom stereocenters. The van der Waals surface area contributed by atoms with E-state index in [1.807, 2.05) is 11.9 Å². The summed E-state index contributed by atoms with van der Waals surface area (Å²) in [6, 6.07) is 13.4. The Morgan fingerprint density at radius 2 is 1.93 bits per heavy atom. The fourth-order valence-corrected chi connectivity index (χ4v) is 3.98. The Balaban J connectivity index is 1.80. The zero-order valence-corrected chi connectivity index (χ0v) is 17.0. The molecule has 0 aliphatic carbocycles. The maximum absolute atomic E-state index is 12.7. The van der Waals surface area contributed by atoms with E-state index in [4.69, 9.17) is 4.42 Å². The molecule has 0 bridgehead atoms. The molecule has 29 heavy (non-hydrogen) atoms. The standard InChI is InChI=1S/C20H23N3O5S/c1-23(11-6-10-21-20(24)27-2)18-14-16(13-15-9-12-28-19(15)18)22-29(25,26)17-7-4-3-5-8-17/h3-5,7-9,12-14,22H,6,10-11H2,1-2H3,(H,21,24). The number of rotatable bonds is 8. The molecule has 1 aromatic heterocycles. The third kappa shape index (κ3) is 5.00. The van der Waals surface area contributed by atoms with Gasteiger partial charge in [0.05, 0.1) is 29.6 Å². The number of amides is 1. The number of alkyl carbamates (subject to hydrolysis) is 1. The average molecular weight is 417 g/mol. The number of hydrogen-bond donors (Lipinski definition) is 2. The maximum Gasteiger partial charge on any atom is 0.406 e. The van der Waals surface area contributed by atoms with Crippen molar-refractivity contribution in [2.45, 2.75) is 11.3 Å². The van der Waals surface area contributed by atoms with E-state index in [-0.39, 0.29) is 4.90 Å². The summed E-state index contributed by atoms with van der Waals surface area (Å²) in [5.41, 5.74) is 1.85. The van der Waals surface area contributed by atoms with Gasteiger partial charge >= 0.3 is 6.09 Å². The first-order valence-electron chi connectivity index (χ1n) is 9.03. The van der Waals surface area contributed by atoms with Crippen molar-refractivity contribution in [2.24, 2.45) is 0 Å². The highest BCUT2D eigenvalue weighted by molar-refractivity contribution is 7.92. The van der Waals surface area contributed by atoms with Gasteiger partial charge in [0.25, 0.3) is 10.0 Å². The van der Waals surface area contributed by atoms with Crippen LogP contribution in [0.15, 0.2) is 64.1 Å². The third-order valence-electron chi connectivity index (χ3n) is 4.37. The number of methoxy groups -OCH3 is 1. The lowest BCUT2D eigenvalue weighted by molar-refractivity contribution is 0.171. The van der Waals surface area contributed by atoms with Crippen LogP contribution in [0.5, 0.6) is 0 Å². The Morgan fingerprint density at radius 1 is 1.17 bits per heavy atom. The topological polar surface area (TPSA) is 101 Å². The average Bonchev–Trinajstić information content (AvgIpc) is 3.19. The Hall–Kier alpha value is -3.20. The fourth-order valence-electron chi connectivity index (χ4n) is 2.92. The van der Waals surface area contributed by atoms with Gasteiger partial charge in [0.2, 0.25) is 0 Å². The molecule has 3 aromatic rings. The van der Waals surface area contributed by atoms with Crippen molar-refractivity contribution >= 4 is 38.5 Å². The van der Waals surface area contributed by atoms with E-state index in [1.54, 1.807) is 54.8 Å². The molecule has 154 valence electrons. The van der Waals surface area contributed by atoms with Crippen molar-refractivity contribution in [2.75, 3.05) is 36.9 Å². The first kappa shape index (κ1) is 20.5. The van der Waals surface area contributed by atoms with Gasteiger partial charge in [0, 0.05) is 25.5 Å². The van der Waals surface area contributed by atoms with Crippen LogP contribution >= 0.6 is 0 Å². The molecule has 0 radical (unpaired) electrons. The van der Waals surface area contributed by atoms with Gasteiger partial charge in [-0.05, 0) is 36.8 Å². The summed E-state index contributed by atoms with van der Waals surface area (Å²) >= 11 is 0. The second kappa shape index (κ2) is 8.87. The molecule has 0 fully saturated rings. The second-order valence-electron chi connectivity index (χ2n) is 6.45. The number of anilines is 2. The van der Waals surface area contributed by atoms with Gasteiger partial charge in [-0.3, -0.25) is 4.72 Å². The molecule has 2 aromatic carbocycles. The molecule has 0 unspecified atom stereocenters. The molecule has 2 N–H and O–H groups in total. The molecule has 8 nitrogen and oxygen atoms in total. The zero-order valence-electron chi connectivity index (χ0n) is 16.2. The van der Waals surface area contributed by atoms with Crippen LogP contribution < -0.4 is 14.9 Å². The largest absolute Gasteiger partial charge is 0.462 e. The number of carbonyl (C=O) groups is 1. The van der Waals surface area contributed by atoms with Gasteiger partial charge in [-0.25, -0.2) is 13.2 Å². The first-order chi connectivity index (χ1) is 13.9. The molecule has 0 spiro atoms. The van der Waals surface area contributed by atoms with E-state index in [0.717, 1.165) is 11.1 Å². The molecule has 0 saturated heterocycles. The predicted molar refractivity (Wildman–Crippen MR) is 112 cm³/mol. The number of sulfonamides is 1. The monoisotopic (exact) mass is 417 g/mol. The highest BCUT2D eigenvalue weighted by Gasteiger charge is 2.17. The van der Waals surface area contributed by atoms with Gasteiger partial charge in [-0.15, -0.1) is 0 Å². The Kier molecular flexibility index (Phi) is 6.28. The number of nitrogens with zero attached hydrogens (tertiary/aromatic N) is 1. The zero-order chi connectivity index (χ0) is 20.9. The summed E-state index contributed by atoms with van der Waals surface area (Å²) in [7, 11) is -0.505. The van der Waals surface area contributed by atoms with Crippen molar-refractivity contribution in [3.05, 3.63) is 54.8 Å². The Bertz CT molecular complexity index is 1080. The van der Waals surface area contributed by atoms with Crippen molar-refractivity contribution in [3.8, 4) is 0 Å². The smallest absolute Gasteiger partial charge is 0.406 e. The minimum Gasteiger partial charge on any atom is -0.462 e. The summed E-state index contributed by atoms with van der Waals surface area (Å²) in [5, 5.41) is 3.41. The summed E-state index contributed by atoms with van der Waals surface area (Å²) < 4.78 is 38.1. The summed E-state index contributed by atoms with van der Waals surface area (Å²) in [5.74, 6) is 0. The van der Waals surface area contributed by atoms with Crippen LogP contribution in [0.2, 0.25) is 0 Å². The van der Waals surface area contributed by atoms with Crippen molar-refractivity contribution in [3.63, 3.8) is 0 Å². The van der Waals surface area contributed by atoms with Crippen LogP contribution in [0.1, 0.15) is 6.42 Å². The van der Waals surface area contributed by atoms with Crippen LogP contribution in [0.3, 0.4) is 0 Å². The highest BCUT2D eigenvalue weighted by atomic mass is 32.2. The first-order valence-corrected chi connectivity index (χ1v) is 10.5. The number of nitrogens with one attached hydrogen (secondary N) is 2. The summed E-state index contributed by atoms with van der Waals surface area (Å²) in [4.78, 5) is 13.3. The van der Waals surface area contributed by atoms with Crippen LogP contribution in [-0.4, -0.2) is 41.8 Å². The fraction of sp³-hybridized carbons (Fsp3) is 0.250. The van der Waals surface area contributed by atoms with Crippen LogP contribution in [0, 0.1) is 0 Å². The van der Waals surface area contributed by atoms with Crippen LogP contribution in [0.4, 0.5) is 16.2 Å². The molecular weight excluding hydrogens is 394 g/mol. The van der Waals surface area contributed by atoms with E-state index in [0.29, 0.717) is 30.8 Å². The number of ether oxygens (including phenoxy) is 1. The van der Waals surface area contributed by atoms with Crippen LogP contribution in [-0.2, 0) is 14.8 Å². The second-order valence-corrected chi connectivity index (χ2v) is 8.13.